The lowest BCUT2D eigenvalue weighted by molar-refractivity contribution is -0.0390. The van der Waals surface area contributed by atoms with Gasteiger partial charge in [-0.1, -0.05) is 85.0 Å². The Balaban J connectivity index is 2.27. The second-order valence-corrected chi connectivity index (χ2v) is 9.61. The second kappa shape index (κ2) is 8.49. The molecule has 0 fully saturated rings. The molecular formula is C22H25O2P. The number of aliphatic hydroxyl groups excluding tert-OH is 1. The number of hydrogen-bond donors (Lipinski definition) is 1. The molecule has 0 aliphatic heterocycles. The van der Waals surface area contributed by atoms with Crippen LogP contribution in [0.3, 0.4) is 0 Å². The van der Waals surface area contributed by atoms with Gasteiger partial charge in [-0.05, 0) is 36.6 Å². The van der Waals surface area contributed by atoms with Gasteiger partial charge >= 0.3 is 0 Å². The Morgan fingerprint density at radius 2 is 1.64 bits per heavy atom. The van der Waals surface area contributed by atoms with Gasteiger partial charge in [-0.25, -0.2) is 0 Å². The van der Waals surface area contributed by atoms with E-state index >= 15 is 0 Å². The van der Waals surface area contributed by atoms with Gasteiger partial charge in [0.15, 0.2) is 6.29 Å². The summed E-state index contributed by atoms with van der Waals surface area (Å²) >= 11 is 0. The van der Waals surface area contributed by atoms with E-state index in [0.717, 1.165) is 6.42 Å². The fourth-order valence-corrected chi connectivity index (χ4v) is 7.72. The molecule has 0 saturated heterocycles. The Hall–Kier alpha value is -1.86. The van der Waals surface area contributed by atoms with Crippen LogP contribution < -0.4 is 10.6 Å². The van der Waals surface area contributed by atoms with Crippen molar-refractivity contribution in [3.05, 3.63) is 85.0 Å². The van der Waals surface area contributed by atoms with Crippen molar-refractivity contribution in [1.29, 1.82) is 0 Å². The molecule has 130 valence electrons. The Kier molecular flexibility index (Phi) is 6.09. The highest BCUT2D eigenvalue weighted by molar-refractivity contribution is 7.89. The monoisotopic (exact) mass is 352 g/mol. The maximum absolute atomic E-state index is 10.5. The summed E-state index contributed by atoms with van der Waals surface area (Å²) in [6, 6.07) is 21.1. The van der Waals surface area contributed by atoms with E-state index in [1.54, 1.807) is 0 Å². The molecule has 2 aromatic carbocycles. The van der Waals surface area contributed by atoms with Crippen LogP contribution >= 0.6 is 6.89 Å². The minimum absolute atomic E-state index is 0.317. The van der Waals surface area contributed by atoms with Gasteiger partial charge in [0.2, 0.25) is 0 Å². The molecule has 2 aromatic rings. The highest BCUT2D eigenvalue weighted by Crippen LogP contribution is 2.52. The largest absolute Gasteiger partial charge is 0.365 e. The zero-order chi connectivity index (χ0) is 17.5. The third kappa shape index (κ3) is 3.88. The Morgan fingerprint density at radius 3 is 2.12 bits per heavy atom. The topological polar surface area (TPSA) is 29.5 Å². The molecule has 1 N–H and O–H groups in total. The van der Waals surface area contributed by atoms with E-state index < -0.39 is 13.2 Å². The summed E-state index contributed by atoms with van der Waals surface area (Å²) in [6.07, 6.45) is 8.80. The molecule has 25 heavy (non-hydrogen) atoms. The number of hydrogen-bond acceptors (Lipinski definition) is 2. The van der Waals surface area contributed by atoms with Crippen molar-refractivity contribution in [2.24, 2.45) is 0 Å². The summed E-state index contributed by atoms with van der Waals surface area (Å²) in [5.74, 6) is 2.06. The molecule has 1 aliphatic rings. The Labute approximate surface area is 150 Å². The van der Waals surface area contributed by atoms with Crippen LogP contribution in [0.25, 0.3) is 0 Å². The van der Waals surface area contributed by atoms with Gasteiger partial charge in [-0.2, -0.15) is 0 Å². The van der Waals surface area contributed by atoms with E-state index in [-0.39, 0.29) is 0 Å². The van der Waals surface area contributed by atoms with Crippen LogP contribution in [0.1, 0.15) is 13.3 Å². The van der Waals surface area contributed by atoms with Crippen molar-refractivity contribution < 1.29 is 9.84 Å². The first kappa shape index (κ1) is 17.9. The zero-order valence-electron chi connectivity index (χ0n) is 14.5. The molecular weight excluding hydrogens is 327 g/mol. The minimum Gasteiger partial charge on any atom is -0.365 e. The second-order valence-electron chi connectivity index (χ2n) is 6.06. The quantitative estimate of drug-likeness (QED) is 0.635. The van der Waals surface area contributed by atoms with Crippen molar-refractivity contribution in [3.63, 3.8) is 0 Å². The molecule has 0 amide bonds. The zero-order valence-corrected chi connectivity index (χ0v) is 15.4. The van der Waals surface area contributed by atoms with Gasteiger partial charge in [-0.3, -0.25) is 0 Å². The van der Waals surface area contributed by atoms with E-state index in [1.165, 1.54) is 10.6 Å². The van der Waals surface area contributed by atoms with Crippen molar-refractivity contribution in [2.75, 3.05) is 6.61 Å². The van der Waals surface area contributed by atoms with Crippen LogP contribution in [0, 0.1) is 0 Å². The number of rotatable bonds is 6. The van der Waals surface area contributed by atoms with Crippen LogP contribution in [0.2, 0.25) is 0 Å². The fraction of sp³-hybridized carbons (Fsp3) is 0.227. The summed E-state index contributed by atoms with van der Waals surface area (Å²) in [4.78, 5) is 0. The first-order chi connectivity index (χ1) is 12.3. The third-order valence-electron chi connectivity index (χ3n) is 4.55. The van der Waals surface area contributed by atoms with Gasteiger partial charge in [0.1, 0.15) is 0 Å². The highest BCUT2D eigenvalue weighted by Gasteiger charge is 2.31. The molecule has 3 rings (SSSR count). The van der Waals surface area contributed by atoms with E-state index in [4.69, 9.17) is 4.74 Å². The smallest absolute Gasteiger partial charge is 0.175 e. The molecule has 0 saturated carbocycles. The van der Waals surface area contributed by atoms with Crippen molar-refractivity contribution in [2.45, 2.75) is 25.3 Å². The molecule has 2 nitrogen and oxygen atoms in total. The van der Waals surface area contributed by atoms with Gasteiger partial charge in [0, 0.05) is 12.3 Å². The molecule has 0 radical (unpaired) electrons. The predicted octanol–water partition coefficient (Wildman–Crippen LogP) is 3.70. The summed E-state index contributed by atoms with van der Waals surface area (Å²) in [5, 5.41) is 13.1. The maximum Gasteiger partial charge on any atom is 0.175 e. The normalized spacial score (nSPS) is 18.1. The molecule has 0 spiro atoms. The van der Waals surface area contributed by atoms with Gasteiger partial charge < -0.3 is 9.84 Å². The van der Waals surface area contributed by atoms with Crippen LogP contribution in [-0.2, 0) is 4.74 Å². The first-order valence-corrected chi connectivity index (χ1v) is 10.7. The first-order valence-electron chi connectivity index (χ1n) is 8.76. The van der Waals surface area contributed by atoms with Crippen molar-refractivity contribution in [3.8, 4) is 0 Å². The molecule has 0 aromatic heterocycles. The predicted molar refractivity (Wildman–Crippen MR) is 109 cm³/mol. The van der Waals surface area contributed by atoms with Crippen LogP contribution in [0.5, 0.6) is 0 Å². The van der Waals surface area contributed by atoms with Crippen molar-refractivity contribution in [1.82, 2.24) is 0 Å². The average molecular weight is 352 g/mol. The maximum atomic E-state index is 10.5. The summed E-state index contributed by atoms with van der Waals surface area (Å²) in [7, 11) is 0. The molecule has 1 aliphatic carbocycles. The standard InChI is InChI=1S/C22H25O2P/c1-2-24-22(23)18-25(19-12-6-3-7-13-19,20-14-8-4-9-15-20)21-16-10-5-11-17-21/h3-16,18,21-23H,2,17H2,1H3. The van der Waals surface area contributed by atoms with Crippen LogP contribution in [-0.4, -0.2) is 29.5 Å². The van der Waals surface area contributed by atoms with Gasteiger partial charge in [0.25, 0.3) is 0 Å². The fourth-order valence-electron chi connectivity index (χ4n) is 3.45. The Morgan fingerprint density at radius 1 is 1.04 bits per heavy atom. The number of allylic oxidation sites excluding steroid dienone is 4. The summed E-state index contributed by atoms with van der Waals surface area (Å²) in [6.45, 7) is 0.396. The van der Waals surface area contributed by atoms with E-state index in [9.17, 15) is 5.11 Å². The molecule has 3 heteroatoms. The Bertz CT molecular complexity index is 735. The lowest BCUT2D eigenvalue weighted by Crippen LogP contribution is -2.30. The van der Waals surface area contributed by atoms with Gasteiger partial charge in [-0.15, -0.1) is 0 Å². The molecule has 2 atom stereocenters. The highest BCUT2D eigenvalue weighted by atomic mass is 31.2. The van der Waals surface area contributed by atoms with E-state index in [1.807, 2.05) is 19.1 Å². The third-order valence-corrected chi connectivity index (χ3v) is 9.01. The molecule has 0 bridgehead atoms. The summed E-state index contributed by atoms with van der Waals surface area (Å²) in [5.41, 5.74) is 0.317. The van der Waals surface area contributed by atoms with Crippen LogP contribution in [0.15, 0.2) is 85.0 Å². The summed E-state index contributed by atoms with van der Waals surface area (Å²) < 4.78 is 5.52. The van der Waals surface area contributed by atoms with Gasteiger partial charge in [0.05, 0.1) is 0 Å². The molecule has 0 heterocycles. The number of benzene rings is 2. The molecule has 2 unspecified atom stereocenters. The minimum atomic E-state index is -2.00. The SMILES string of the molecule is CCOC(O)C=P(c1ccccc1)(c1ccccc1)C1C=CC=CC1. The van der Waals surface area contributed by atoms with Crippen LogP contribution in [0.4, 0.5) is 0 Å². The lowest BCUT2D eigenvalue weighted by atomic mass is 10.2. The van der Waals surface area contributed by atoms with E-state index in [0.29, 0.717) is 12.3 Å². The number of ether oxygens (including phenoxy) is 1. The van der Waals surface area contributed by atoms with E-state index in [2.05, 4.69) is 78.6 Å². The number of aliphatic hydroxyl groups is 1. The average Bonchev–Trinajstić information content (AvgIpc) is 2.68. The van der Waals surface area contributed by atoms with Crippen molar-refractivity contribution >= 4 is 23.3 Å². The lowest BCUT2D eigenvalue weighted by Gasteiger charge is -2.35.